The Morgan fingerprint density at radius 1 is 1.15 bits per heavy atom. The maximum absolute atomic E-state index is 14.4. The van der Waals surface area contributed by atoms with Crippen molar-refractivity contribution in [3.8, 4) is 5.75 Å². The van der Waals surface area contributed by atoms with Crippen LogP contribution < -0.4 is 15.5 Å². The van der Waals surface area contributed by atoms with Crippen molar-refractivity contribution in [2.75, 3.05) is 20.7 Å². The number of hydrogen-bond acceptors (Lipinski definition) is 7. The first-order chi connectivity index (χ1) is 22.6. The van der Waals surface area contributed by atoms with Crippen LogP contribution in [-0.2, 0) is 21.6 Å². The highest BCUT2D eigenvalue weighted by Crippen LogP contribution is 2.51. The van der Waals surface area contributed by atoms with Gasteiger partial charge in [-0.2, -0.15) is 0 Å². The molecule has 4 rings (SSSR count). The minimum atomic E-state index is -0.926. The summed E-state index contributed by atoms with van der Waals surface area (Å²) in [5.41, 5.74) is -2.91. The fourth-order valence-corrected chi connectivity index (χ4v) is 6.80. The molecule has 0 unspecified atom stereocenters. The first kappa shape index (κ1) is 36.7. The number of unbranched alkanes of at least 4 members (excludes halogenated alkanes) is 2. The molecular formula is C36H48F2N4O6. The molecule has 1 N–H and O–H groups in total. The molecule has 0 radical (unpaired) electrons. The third-order valence-electron chi connectivity index (χ3n) is 10.2. The molecule has 2 aromatic rings. The van der Waals surface area contributed by atoms with E-state index in [-0.39, 0.29) is 42.4 Å². The summed E-state index contributed by atoms with van der Waals surface area (Å²) in [5.74, 6) is -3.09. The van der Waals surface area contributed by atoms with Crippen molar-refractivity contribution in [2.24, 2.45) is 16.3 Å². The summed E-state index contributed by atoms with van der Waals surface area (Å²) in [7, 11) is 3.18. The number of methoxy groups -OCH3 is 1. The number of rotatable bonds is 12. The number of ether oxygens (including phenoxy) is 2. The van der Waals surface area contributed by atoms with E-state index in [1.807, 2.05) is 13.8 Å². The second-order valence-corrected chi connectivity index (χ2v) is 14.0. The smallest absolute Gasteiger partial charge is 0.311 e. The third-order valence-corrected chi connectivity index (χ3v) is 10.2. The van der Waals surface area contributed by atoms with Crippen molar-refractivity contribution < 1.29 is 32.6 Å². The quantitative estimate of drug-likeness (QED) is 0.128. The number of aliphatic imine (C=N–C) groups is 1. The Balaban J connectivity index is 1.83. The molecule has 10 nitrogen and oxygen atoms in total. The fourth-order valence-electron chi connectivity index (χ4n) is 6.80. The zero-order valence-electron chi connectivity index (χ0n) is 29.1. The SMILES string of the molecule is CN=C(C[C@@]1(C)CC[C@H](C)N2C[C@@]1(C)n1cc(C(=O)NCc3ccc(F)cc3F)c(=O)c(OC(=O)CCCCCC(C)C)c1C2=O)OC. The molecule has 48 heavy (non-hydrogen) atoms. The molecule has 3 atom stereocenters. The van der Waals surface area contributed by atoms with Crippen molar-refractivity contribution in [2.45, 2.75) is 104 Å². The highest BCUT2D eigenvalue weighted by atomic mass is 19.1. The number of esters is 1. The molecule has 2 aliphatic heterocycles. The Morgan fingerprint density at radius 3 is 2.52 bits per heavy atom. The molecule has 1 aromatic carbocycles. The van der Waals surface area contributed by atoms with Gasteiger partial charge < -0.3 is 24.3 Å². The standard InChI is InChI=1S/C36H48F2N4O6/c1-22(2)11-9-8-10-12-29(43)48-32-30-34(46)41-21-36(5,35(4,16-15-23(41)3)18-28(39-6)47-7)42(30)20-26(31(32)44)33(45)40-19-24-13-14-25(37)17-27(24)38/h13-14,17,20,22-23H,8-12,15-16,18-19,21H2,1-7H3,(H,40,45)/t23-,35+,36+/m0/s1. The van der Waals surface area contributed by atoms with E-state index in [1.165, 1.54) is 12.3 Å². The first-order valence-corrected chi connectivity index (χ1v) is 16.7. The first-order valence-electron chi connectivity index (χ1n) is 16.7. The minimum absolute atomic E-state index is 0.0148. The van der Waals surface area contributed by atoms with Gasteiger partial charge in [0.05, 0.1) is 12.6 Å². The lowest BCUT2D eigenvalue weighted by atomic mass is 9.66. The molecule has 2 amide bonds. The lowest BCUT2D eigenvalue weighted by Gasteiger charge is -2.52. The summed E-state index contributed by atoms with van der Waals surface area (Å²) in [6, 6.07) is 2.78. The molecular weight excluding hydrogens is 622 g/mol. The topological polar surface area (TPSA) is 119 Å². The van der Waals surface area contributed by atoms with Crippen LogP contribution in [0.2, 0.25) is 0 Å². The molecule has 1 saturated heterocycles. The summed E-state index contributed by atoms with van der Waals surface area (Å²) in [4.78, 5) is 61.2. The van der Waals surface area contributed by atoms with Crippen LogP contribution in [0.25, 0.3) is 0 Å². The number of carbonyl (C=O) groups is 3. The molecule has 3 heterocycles. The van der Waals surface area contributed by atoms with Gasteiger partial charge >= 0.3 is 5.97 Å². The number of pyridine rings is 1. The Morgan fingerprint density at radius 2 is 1.88 bits per heavy atom. The van der Waals surface area contributed by atoms with E-state index in [4.69, 9.17) is 9.47 Å². The maximum atomic E-state index is 14.4. The number of nitrogens with one attached hydrogen (secondary N) is 1. The number of carbonyl (C=O) groups excluding carboxylic acids is 3. The van der Waals surface area contributed by atoms with Crippen molar-refractivity contribution >= 4 is 23.7 Å². The van der Waals surface area contributed by atoms with E-state index < -0.39 is 51.6 Å². The van der Waals surface area contributed by atoms with Crippen LogP contribution in [0.4, 0.5) is 8.78 Å². The van der Waals surface area contributed by atoms with E-state index in [9.17, 15) is 28.0 Å². The molecule has 1 aromatic heterocycles. The van der Waals surface area contributed by atoms with E-state index in [1.54, 1.807) is 23.6 Å². The van der Waals surface area contributed by atoms with E-state index >= 15 is 0 Å². The lowest BCUT2D eigenvalue weighted by Crippen LogP contribution is -2.60. The third kappa shape index (κ3) is 7.47. The summed E-state index contributed by atoms with van der Waals surface area (Å²) in [6.07, 6.45) is 6.39. The second-order valence-electron chi connectivity index (χ2n) is 14.0. The monoisotopic (exact) mass is 670 g/mol. The molecule has 2 bridgehead atoms. The molecule has 2 aliphatic rings. The molecule has 262 valence electrons. The van der Waals surface area contributed by atoms with Crippen LogP contribution in [0.3, 0.4) is 0 Å². The highest BCUT2D eigenvalue weighted by molar-refractivity contribution is 6.00. The number of hydrogen-bond donors (Lipinski definition) is 1. The maximum Gasteiger partial charge on any atom is 0.311 e. The van der Waals surface area contributed by atoms with Gasteiger partial charge in [0.15, 0.2) is 11.6 Å². The van der Waals surface area contributed by atoms with Crippen LogP contribution >= 0.6 is 0 Å². The number of fused-ring (bicyclic) bond motifs is 4. The molecule has 1 fully saturated rings. The van der Waals surface area contributed by atoms with Gasteiger partial charge in [-0.3, -0.25) is 24.2 Å². The molecule has 12 heteroatoms. The fraction of sp³-hybridized carbons (Fsp3) is 0.583. The summed E-state index contributed by atoms with van der Waals surface area (Å²) in [6.45, 7) is 10.1. The number of amides is 2. The Kier molecular flexibility index (Phi) is 11.5. The van der Waals surface area contributed by atoms with E-state index in [0.29, 0.717) is 43.6 Å². The lowest BCUT2D eigenvalue weighted by molar-refractivity contribution is -0.134. The van der Waals surface area contributed by atoms with Gasteiger partial charge in [0.25, 0.3) is 11.8 Å². The van der Waals surface area contributed by atoms with Crippen molar-refractivity contribution in [3.63, 3.8) is 0 Å². The zero-order chi connectivity index (χ0) is 35.4. The van der Waals surface area contributed by atoms with Crippen LogP contribution in [-0.4, -0.2) is 59.9 Å². The van der Waals surface area contributed by atoms with Crippen molar-refractivity contribution in [1.82, 2.24) is 14.8 Å². The van der Waals surface area contributed by atoms with Gasteiger partial charge in [-0.05, 0) is 45.1 Å². The largest absolute Gasteiger partial charge is 0.484 e. The zero-order valence-corrected chi connectivity index (χ0v) is 29.1. The number of halogens is 2. The molecule has 0 saturated carbocycles. The van der Waals surface area contributed by atoms with Crippen LogP contribution in [0.1, 0.15) is 112 Å². The van der Waals surface area contributed by atoms with Gasteiger partial charge in [-0.25, -0.2) is 8.78 Å². The van der Waals surface area contributed by atoms with Crippen molar-refractivity contribution in [1.29, 1.82) is 0 Å². The van der Waals surface area contributed by atoms with Crippen molar-refractivity contribution in [3.05, 3.63) is 63.1 Å². The molecule has 0 spiro atoms. The predicted octanol–water partition coefficient (Wildman–Crippen LogP) is 5.99. The summed E-state index contributed by atoms with van der Waals surface area (Å²) in [5, 5.41) is 2.54. The average molecular weight is 671 g/mol. The Labute approximate surface area is 280 Å². The van der Waals surface area contributed by atoms with Crippen LogP contribution in [0.15, 0.2) is 34.2 Å². The average Bonchev–Trinajstić information content (AvgIpc) is 3.12. The minimum Gasteiger partial charge on any atom is -0.484 e. The van der Waals surface area contributed by atoms with Gasteiger partial charge in [-0.1, -0.05) is 46.1 Å². The second kappa shape index (κ2) is 15.0. The summed E-state index contributed by atoms with van der Waals surface area (Å²) >= 11 is 0. The van der Waals surface area contributed by atoms with Crippen LogP contribution in [0, 0.1) is 23.0 Å². The predicted molar refractivity (Wildman–Crippen MR) is 178 cm³/mol. The molecule has 0 aliphatic carbocycles. The van der Waals surface area contributed by atoms with Gasteiger partial charge in [0.2, 0.25) is 11.2 Å². The van der Waals surface area contributed by atoms with E-state index in [0.717, 1.165) is 25.3 Å². The van der Waals surface area contributed by atoms with Gasteiger partial charge in [0.1, 0.15) is 17.2 Å². The Hall–Kier alpha value is -4.09. The summed E-state index contributed by atoms with van der Waals surface area (Å²) < 4.78 is 40.8. The van der Waals surface area contributed by atoms with Gasteiger partial charge in [0, 0.05) is 62.3 Å². The van der Waals surface area contributed by atoms with Crippen LogP contribution in [0.5, 0.6) is 5.75 Å². The van der Waals surface area contributed by atoms with Gasteiger partial charge in [-0.15, -0.1) is 0 Å². The number of benzene rings is 1. The number of nitrogens with zero attached hydrogens (tertiary/aromatic N) is 3. The van der Waals surface area contributed by atoms with E-state index in [2.05, 4.69) is 31.1 Å². The number of aromatic nitrogens is 1. The highest BCUT2D eigenvalue weighted by Gasteiger charge is 2.55. The Bertz CT molecular complexity index is 1640. The normalized spacial score (nSPS) is 22.3.